The molecule has 0 aromatic heterocycles. The molecule has 3 saturated carbocycles. The number of nitrogens with two attached hydrogens (primary N) is 2. The Morgan fingerprint density at radius 1 is 0.600 bits per heavy atom. The van der Waals surface area contributed by atoms with E-state index in [1.165, 1.54) is 77.0 Å². The molecule has 2 heteroatoms. The molecule has 3 rings (SSSR count). The van der Waals surface area contributed by atoms with E-state index in [9.17, 15) is 0 Å². The van der Waals surface area contributed by atoms with E-state index in [-0.39, 0.29) is 0 Å². The molecule has 2 nitrogen and oxygen atoms in total. The zero-order valence-corrected chi connectivity index (χ0v) is 13.2. The van der Waals surface area contributed by atoms with Crippen molar-refractivity contribution in [3.05, 3.63) is 0 Å². The molecule has 0 aromatic carbocycles. The Balaban J connectivity index is 1.84. The van der Waals surface area contributed by atoms with Gasteiger partial charge in [0.15, 0.2) is 0 Å². The van der Waals surface area contributed by atoms with Crippen LogP contribution < -0.4 is 11.5 Å². The zero-order chi connectivity index (χ0) is 14.0. The van der Waals surface area contributed by atoms with Crippen molar-refractivity contribution in [1.29, 1.82) is 0 Å². The molecule has 0 heterocycles. The van der Waals surface area contributed by atoms with E-state index in [1.807, 2.05) is 0 Å². The predicted molar refractivity (Wildman–Crippen MR) is 85.4 cm³/mol. The first-order chi connectivity index (χ1) is 9.71. The van der Waals surface area contributed by atoms with Gasteiger partial charge < -0.3 is 11.5 Å². The molecule has 3 fully saturated rings. The second kappa shape index (κ2) is 6.36. The summed E-state index contributed by atoms with van der Waals surface area (Å²) in [7, 11) is 0. The van der Waals surface area contributed by atoms with Crippen LogP contribution in [0.25, 0.3) is 0 Å². The fraction of sp³-hybridized carbons (Fsp3) is 1.00. The highest BCUT2D eigenvalue weighted by Crippen LogP contribution is 2.55. The largest absolute Gasteiger partial charge is 0.328 e. The Bertz CT molecular complexity index is 273. The van der Waals surface area contributed by atoms with Crippen LogP contribution in [0.5, 0.6) is 0 Å². The Morgan fingerprint density at radius 3 is 1.40 bits per heavy atom. The summed E-state index contributed by atoms with van der Waals surface area (Å²) in [5.74, 6) is 1.86. The fourth-order valence-corrected chi connectivity index (χ4v) is 5.97. The van der Waals surface area contributed by atoms with E-state index in [0.717, 1.165) is 18.3 Å². The number of hydrogen-bond donors (Lipinski definition) is 2. The molecule has 0 amide bonds. The van der Waals surface area contributed by atoms with E-state index >= 15 is 0 Å². The summed E-state index contributed by atoms with van der Waals surface area (Å²) >= 11 is 0. The average Bonchev–Trinajstić information content (AvgIpc) is 2.48. The number of rotatable bonds is 2. The summed E-state index contributed by atoms with van der Waals surface area (Å²) < 4.78 is 0. The second-order valence-corrected chi connectivity index (χ2v) is 8.07. The van der Waals surface area contributed by atoms with Crippen molar-refractivity contribution in [3.63, 3.8) is 0 Å². The van der Waals surface area contributed by atoms with E-state index in [2.05, 4.69) is 0 Å². The first-order valence-corrected chi connectivity index (χ1v) is 9.22. The Hall–Kier alpha value is -0.0800. The lowest BCUT2D eigenvalue weighted by Gasteiger charge is -2.54. The topological polar surface area (TPSA) is 52.0 Å². The lowest BCUT2D eigenvalue weighted by molar-refractivity contribution is -0.0248. The molecule has 3 aliphatic rings. The van der Waals surface area contributed by atoms with Gasteiger partial charge in [0.1, 0.15) is 0 Å². The molecule has 0 aromatic rings. The van der Waals surface area contributed by atoms with Crippen molar-refractivity contribution in [1.82, 2.24) is 0 Å². The highest BCUT2D eigenvalue weighted by atomic mass is 14.8. The van der Waals surface area contributed by atoms with Crippen LogP contribution in [0.15, 0.2) is 0 Å². The summed E-state index contributed by atoms with van der Waals surface area (Å²) in [5.41, 5.74) is 13.4. The van der Waals surface area contributed by atoms with Gasteiger partial charge in [0, 0.05) is 12.1 Å². The molecule has 0 radical (unpaired) electrons. The number of hydrogen-bond acceptors (Lipinski definition) is 2. The monoisotopic (exact) mass is 278 g/mol. The van der Waals surface area contributed by atoms with Gasteiger partial charge in [0.25, 0.3) is 0 Å². The van der Waals surface area contributed by atoms with Crippen LogP contribution in [0.1, 0.15) is 83.5 Å². The van der Waals surface area contributed by atoms with Crippen molar-refractivity contribution >= 4 is 0 Å². The molecule has 0 aliphatic heterocycles. The van der Waals surface area contributed by atoms with E-state index < -0.39 is 0 Å². The summed E-state index contributed by atoms with van der Waals surface area (Å²) in [5, 5.41) is 0. The first kappa shape index (κ1) is 14.8. The smallest absolute Gasteiger partial charge is 0.00590 e. The van der Waals surface area contributed by atoms with Crippen molar-refractivity contribution in [2.75, 3.05) is 0 Å². The third kappa shape index (κ3) is 2.92. The van der Waals surface area contributed by atoms with Gasteiger partial charge in [-0.05, 0) is 62.2 Å². The minimum atomic E-state index is 0.364. The van der Waals surface area contributed by atoms with Crippen molar-refractivity contribution < 1.29 is 0 Å². The summed E-state index contributed by atoms with van der Waals surface area (Å²) in [4.78, 5) is 0. The van der Waals surface area contributed by atoms with Gasteiger partial charge in [-0.2, -0.15) is 0 Å². The second-order valence-electron chi connectivity index (χ2n) is 8.07. The minimum absolute atomic E-state index is 0.364. The van der Waals surface area contributed by atoms with Crippen LogP contribution in [0.3, 0.4) is 0 Å². The normalized spacial score (nSPS) is 36.9. The van der Waals surface area contributed by atoms with Crippen LogP contribution in [-0.4, -0.2) is 12.1 Å². The van der Waals surface area contributed by atoms with Gasteiger partial charge in [-0.25, -0.2) is 0 Å². The van der Waals surface area contributed by atoms with Crippen molar-refractivity contribution in [2.45, 2.75) is 95.6 Å². The highest BCUT2D eigenvalue weighted by Gasteiger charge is 2.49. The molecule has 2 atom stereocenters. The maximum atomic E-state index is 6.43. The van der Waals surface area contributed by atoms with Gasteiger partial charge in [-0.3, -0.25) is 0 Å². The van der Waals surface area contributed by atoms with E-state index in [0.29, 0.717) is 17.5 Å². The summed E-state index contributed by atoms with van der Waals surface area (Å²) in [6, 6.07) is 0.727. The average molecular weight is 278 g/mol. The van der Waals surface area contributed by atoms with E-state index in [1.54, 1.807) is 0 Å². The SMILES string of the molecule is NC1CC(N)CC(C2CCCCC2)(C2CCCCC2)C1. The predicted octanol–water partition coefficient (Wildman–Crippen LogP) is 3.97. The fourth-order valence-electron chi connectivity index (χ4n) is 5.97. The van der Waals surface area contributed by atoms with Crippen LogP contribution in [0.2, 0.25) is 0 Å². The molecule has 0 spiro atoms. The molecule has 2 unspecified atom stereocenters. The molecule has 20 heavy (non-hydrogen) atoms. The van der Waals surface area contributed by atoms with Crippen molar-refractivity contribution in [2.24, 2.45) is 28.7 Å². The van der Waals surface area contributed by atoms with Gasteiger partial charge in [-0.15, -0.1) is 0 Å². The van der Waals surface area contributed by atoms with Gasteiger partial charge in [0.05, 0.1) is 0 Å². The lowest BCUT2D eigenvalue weighted by atomic mass is 9.52. The van der Waals surface area contributed by atoms with Gasteiger partial charge in [0.2, 0.25) is 0 Å². The minimum Gasteiger partial charge on any atom is -0.328 e. The van der Waals surface area contributed by atoms with Gasteiger partial charge >= 0.3 is 0 Å². The Morgan fingerprint density at radius 2 is 1.00 bits per heavy atom. The standard InChI is InChI=1S/C18H34N2/c19-16-11-17(20)13-18(12-16,14-7-3-1-4-8-14)15-9-5-2-6-10-15/h14-17H,1-13,19-20H2. The van der Waals surface area contributed by atoms with Crippen LogP contribution in [0, 0.1) is 17.3 Å². The molecule has 0 bridgehead atoms. The third-order valence-corrected chi connectivity index (χ3v) is 6.73. The molecule has 0 saturated heterocycles. The summed E-state index contributed by atoms with van der Waals surface area (Å²) in [6.45, 7) is 0. The molecule has 3 aliphatic carbocycles. The molecular formula is C18H34N2. The summed E-state index contributed by atoms with van der Waals surface area (Å²) in [6.07, 6.45) is 18.1. The highest BCUT2D eigenvalue weighted by molar-refractivity contribution is 5.01. The Labute approximate surface area is 125 Å². The Kier molecular flexibility index (Phi) is 4.72. The molecule has 4 N–H and O–H groups in total. The maximum absolute atomic E-state index is 6.43. The zero-order valence-electron chi connectivity index (χ0n) is 13.2. The van der Waals surface area contributed by atoms with E-state index in [4.69, 9.17) is 11.5 Å². The third-order valence-electron chi connectivity index (χ3n) is 6.73. The van der Waals surface area contributed by atoms with Crippen LogP contribution in [0.4, 0.5) is 0 Å². The van der Waals surface area contributed by atoms with Crippen LogP contribution in [-0.2, 0) is 0 Å². The quantitative estimate of drug-likeness (QED) is 0.803. The molecule has 116 valence electrons. The van der Waals surface area contributed by atoms with Crippen LogP contribution >= 0.6 is 0 Å². The maximum Gasteiger partial charge on any atom is 0.00590 e. The molecular weight excluding hydrogens is 244 g/mol. The van der Waals surface area contributed by atoms with Crippen molar-refractivity contribution in [3.8, 4) is 0 Å². The first-order valence-electron chi connectivity index (χ1n) is 9.22. The lowest BCUT2D eigenvalue weighted by Crippen LogP contribution is -2.52. The van der Waals surface area contributed by atoms with Gasteiger partial charge in [-0.1, -0.05) is 38.5 Å².